The Bertz CT molecular complexity index is 835. The van der Waals surface area contributed by atoms with Gasteiger partial charge in [0.15, 0.2) is 11.6 Å². The first kappa shape index (κ1) is 16.2. The van der Waals surface area contributed by atoms with E-state index in [0.29, 0.717) is 34.6 Å². The summed E-state index contributed by atoms with van der Waals surface area (Å²) in [6.45, 7) is 4.49. The van der Waals surface area contributed by atoms with Crippen LogP contribution in [-0.2, 0) is 0 Å². The lowest BCUT2D eigenvalue weighted by Crippen LogP contribution is -2.34. The molecule has 5 heteroatoms. The molecule has 2 aromatic rings. The number of rotatable bonds is 4. The van der Waals surface area contributed by atoms with Crippen LogP contribution in [0.15, 0.2) is 36.4 Å². The van der Waals surface area contributed by atoms with Crippen molar-refractivity contribution in [2.24, 2.45) is 5.73 Å². The van der Waals surface area contributed by atoms with E-state index in [4.69, 9.17) is 11.5 Å². The smallest absolute Gasteiger partial charge is 0.196 e. The SMILES string of the molecule is CC(C)(N)CCNc1ccc(N)c2c1C(=O)c1ccccc1C2=O. The van der Waals surface area contributed by atoms with Gasteiger partial charge >= 0.3 is 0 Å². The molecular formula is C19H21N3O2. The Morgan fingerprint density at radius 3 is 2.12 bits per heavy atom. The Kier molecular flexibility index (Phi) is 3.89. The average molecular weight is 323 g/mol. The van der Waals surface area contributed by atoms with E-state index in [-0.39, 0.29) is 22.7 Å². The summed E-state index contributed by atoms with van der Waals surface area (Å²) in [4.78, 5) is 25.7. The van der Waals surface area contributed by atoms with Crippen molar-refractivity contribution in [3.8, 4) is 0 Å². The summed E-state index contributed by atoms with van der Waals surface area (Å²) in [5, 5.41) is 3.23. The largest absolute Gasteiger partial charge is 0.398 e. The van der Waals surface area contributed by atoms with Crippen LogP contribution in [0.25, 0.3) is 0 Å². The maximum atomic E-state index is 12.9. The monoisotopic (exact) mass is 323 g/mol. The normalized spacial score (nSPS) is 13.5. The number of carbonyl (C=O) groups excluding carboxylic acids is 2. The Hall–Kier alpha value is -2.66. The quantitative estimate of drug-likeness (QED) is 0.641. The first-order valence-electron chi connectivity index (χ1n) is 7.93. The van der Waals surface area contributed by atoms with E-state index in [9.17, 15) is 9.59 Å². The van der Waals surface area contributed by atoms with Gasteiger partial charge in [0, 0.05) is 34.6 Å². The summed E-state index contributed by atoms with van der Waals surface area (Å²) < 4.78 is 0. The molecule has 0 amide bonds. The van der Waals surface area contributed by atoms with Gasteiger partial charge in [-0.1, -0.05) is 24.3 Å². The minimum atomic E-state index is -0.312. The third-order valence-electron chi connectivity index (χ3n) is 4.19. The van der Waals surface area contributed by atoms with Crippen molar-refractivity contribution < 1.29 is 9.59 Å². The second kappa shape index (κ2) is 5.76. The zero-order valence-corrected chi connectivity index (χ0v) is 13.8. The standard InChI is InChI=1S/C19H21N3O2/c1-19(2,21)9-10-22-14-8-7-13(20)15-16(14)18(24)12-6-4-3-5-11(12)17(15)23/h3-8,22H,9-10,20-21H2,1-2H3. The van der Waals surface area contributed by atoms with Gasteiger partial charge in [-0.15, -0.1) is 0 Å². The number of nitrogens with one attached hydrogen (secondary N) is 1. The number of nitrogens with two attached hydrogens (primary N) is 2. The highest BCUT2D eigenvalue weighted by Crippen LogP contribution is 2.35. The van der Waals surface area contributed by atoms with Gasteiger partial charge in [-0.25, -0.2) is 0 Å². The number of anilines is 2. The van der Waals surface area contributed by atoms with E-state index < -0.39 is 0 Å². The molecule has 0 aromatic heterocycles. The molecule has 1 aliphatic rings. The fourth-order valence-electron chi connectivity index (χ4n) is 2.91. The molecule has 5 nitrogen and oxygen atoms in total. The van der Waals surface area contributed by atoms with Gasteiger partial charge in [0.2, 0.25) is 0 Å². The van der Waals surface area contributed by atoms with Crippen LogP contribution in [0.1, 0.15) is 52.1 Å². The maximum Gasteiger partial charge on any atom is 0.196 e. The van der Waals surface area contributed by atoms with E-state index >= 15 is 0 Å². The van der Waals surface area contributed by atoms with Crippen LogP contribution in [0.2, 0.25) is 0 Å². The second-order valence-corrected chi connectivity index (χ2v) is 6.82. The van der Waals surface area contributed by atoms with E-state index in [2.05, 4.69) is 5.32 Å². The number of hydrogen-bond acceptors (Lipinski definition) is 5. The molecule has 0 saturated heterocycles. The molecule has 0 unspecified atom stereocenters. The van der Waals surface area contributed by atoms with Crippen LogP contribution in [-0.4, -0.2) is 23.7 Å². The Labute approximate surface area is 141 Å². The fraction of sp³-hybridized carbons (Fsp3) is 0.263. The minimum Gasteiger partial charge on any atom is -0.398 e. The fourth-order valence-corrected chi connectivity index (χ4v) is 2.91. The molecule has 0 saturated carbocycles. The van der Waals surface area contributed by atoms with E-state index in [1.165, 1.54) is 0 Å². The first-order chi connectivity index (χ1) is 11.3. The highest BCUT2D eigenvalue weighted by molar-refractivity contribution is 6.31. The summed E-state index contributed by atoms with van der Waals surface area (Å²) in [7, 11) is 0. The predicted octanol–water partition coefficient (Wildman–Crippen LogP) is 2.58. The van der Waals surface area contributed by atoms with Crippen molar-refractivity contribution in [2.45, 2.75) is 25.8 Å². The molecule has 0 heterocycles. The van der Waals surface area contributed by atoms with E-state index in [0.717, 1.165) is 6.42 Å². The van der Waals surface area contributed by atoms with Crippen molar-refractivity contribution in [3.05, 3.63) is 58.7 Å². The first-order valence-corrected chi connectivity index (χ1v) is 7.93. The van der Waals surface area contributed by atoms with Gasteiger partial charge in [0.1, 0.15) is 0 Å². The topological polar surface area (TPSA) is 98.2 Å². The molecule has 0 fully saturated rings. The number of fused-ring (bicyclic) bond motifs is 2. The summed E-state index contributed by atoms with van der Waals surface area (Å²) in [5.41, 5.74) is 14.1. The molecule has 5 N–H and O–H groups in total. The minimum absolute atomic E-state index is 0.179. The van der Waals surface area contributed by atoms with Crippen LogP contribution in [0.5, 0.6) is 0 Å². The number of benzene rings is 2. The highest BCUT2D eigenvalue weighted by Gasteiger charge is 2.33. The summed E-state index contributed by atoms with van der Waals surface area (Å²) in [6, 6.07) is 10.2. The van der Waals surface area contributed by atoms with Crippen molar-refractivity contribution in [2.75, 3.05) is 17.6 Å². The van der Waals surface area contributed by atoms with Crippen LogP contribution >= 0.6 is 0 Å². The third kappa shape index (κ3) is 2.78. The number of ketones is 2. The van der Waals surface area contributed by atoms with Gasteiger partial charge in [-0.3, -0.25) is 9.59 Å². The molecule has 24 heavy (non-hydrogen) atoms. The Balaban J connectivity index is 2.04. The Morgan fingerprint density at radius 2 is 1.54 bits per heavy atom. The molecule has 2 aromatic carbocycles. The maximum absolute atomic E-state index is 12.9. The zero-order chi connectivity index (χ0) is 17.5. The zero-order valence-electron chi connectivity index (χ0n) is 13.8. The van der Waals surface area contributed by atoms with Crippen LogP contribution in [0.4, 0.5) is 11.4 Å². The van der Waals surface area contributed by atoms with E-state index in [1.807, 2.05) is 13.8 Å². The predicted molar refractivity (Wildman–Crippen MR) is 95.5 cm³/mol. The summed E-state index contributed by atoms with van der Waals surface area (Å²) in [6.07, 6.45) is 0.727. The van der Waals surface area contributed by atoms with Gasteiger partial charge in [-0.2, -0.15) is 0 Å². The molecule has 1 aliphatic carbocycles. The van der Waals surface area contributed by atoms with Crippen LogP contribution in [0.3, 0.4) is 0 Å². The van der Waals surface area contributed by atoms with E-state index in [1.54, 1.807) is 36.4 Å². The van der Waals surface area contributed by atoms with Crippen LogP contribution in [0, 0.1) is 0 Å². The lowest BCUT2D eigenvalue weighted by atomic mass is 9.82. The molecular weight excluding hydrogens is 302 g/mol. The lowest BCUT2D eigenvalue weighted by molar-refractivity contribution is 0.0980. The van der Waals surface area contributed by atoms with Crippen molar-refractivity contribution >= 4 is 22.9 Å². The number of nitrogen functional groups attached to an aromatic ring is 1. The molecule has 0 bridgehead atoms. The number of carbonyl (C=O) groups is 2. The second-order valence-electron chi connectivity index (χ2n) is 6.82. The average Bonchev–Trinajstić information content (AvgIpc) is 2.52. The number of hydrogen-bond donors (Lipinski definition) is 3. The molecule has 124 valence electrons. The Morgan fingerprint density at radius 1 is 0.958 bits per heavy atom. The highest BCUT2D eigenvalue weighted by atomic mass is 16.1. The van der Waals surface area contributed by atoms with Crippen molar-refractivity contribution in [1.29, 1.82) is 0 Å². The van der Waals surface area contributed by atoms with Gasteiger partial charge in [-0.05, 0) is 32.4 Å². The van der Waals surface area contributed by atoms with Crippen LogP contribution < -0.4 is 16.8 Å². The van der Waals surface area contributed by atoms with Gasteiger partial charge in [0.05, 0.1) is 11.1 Å². The third-order valence-corrected chi connectivity index (χ3v) is 4.19. The van der Waals surface area contributed by atoms with Gasteiger partial charge in [0.25, 0.3) is 0 Å². The molecule has 0 atom stereocenters. The molecule has 3 rings (SSSR count). The van der Waals surface area contributed by atoms with Gasteiger partial charge < -0.3 is 16.8 Å². The molecule has 0 aliphatic heterocycles. The lowest BCUT2D eigenvalue weighted by Gasteiger charge is -2.23. The molecule has 0 radical (unpaired) electrons. The van der Waals surface area contributed by atoms with Crippen molar-refractivity contribution in [3.63, 3.8) is 0 Å². The summed E-state index contributed by atoms with van der Waals surface area (Å²) in [5.74, 6) is -0.387. The van der Waals surface area contributed by atoms with Crippen molar-refractivity contribution in [1.82, 2.24) is 0 Å². The molecule has 0 spiro atoms. The summed E-state index contributed by atoms with van der Waals surface area (Å²) >= 11 is 0.